The molecular weight excluding hydrogens is 641 g/mol. The molecule has 0 aromatic heterocycles. The number of fused-ring (bicyclic) bond motifs is 5. The quantitative estimate of drug-likeness (QED) is 0.254. The third-order valence-corrected chi connectivity index (χ3v) is 12.9. The van der Waals surface area contributed by atoms with E-state index in [0.29, 0.717) is 23.9 Å². The van der Waals surface area contributed by atoms with Crippen molar-refractivity contribution in [3.05, 3.63) is 197 Å². The fourth-order valence-electron chi connectivity index (χ4n) is 10.3. The molecule has 0 saturated carbocycles. The zero-order valence-corrected chi connectivity index (χ0v) is 30.9. The van der Waals surface area contributed by atoms with Crippen molar-refractivity contribution in [2.45, 2.75) is 64.1 Å². The summed E-state index contributed by atoms with van der Waals surface area (Å²) in [5, 5.41) is 0. The van der Waals surface area contributed by atoms with Crippen LogP contribution in [0.4, 0.5) is 11.4 Å². The standard InChI is InChI=1S/C51H48N2/c1-51(2)47-19-11-9-17-43(47)44-31-30-42(34-48(44)51)52(39-15-7-4-8-16-39)40-26-23-37(24-27-40)38-25-32-50-46(33-38)45-18-10-12-20-49(45)53(50)41-28-21-36(22-29-41)35-13-5-3-6-14-35/h3,5-7,10-16,18-29,31-34,42,45-46,49-50H,4,8-9,17,30H2,1-2H3. The van der Waals surface area contributed by atoms with Crippen LogP contribution < -0.4 is 9.80 Å². The summed E-state index contributed by atoms with van der Waals surface area (Å²) in [6, 6.07) is 30.3. The summed E-state index contributed by atoms with van der Waals surface area (Å²) in [6.07, 6.45) is 39.3. The van der Waals surface area contributed by atoms with Crippen molar-refractivity contribution >= 4 is 16.9 Å². The van der Waals surface area contributed by atoms with Crippen LogP contribution in [0.2, 0.25) is 0 Å². The first-order valence-electron chi connectivity index (χ1n) is 19.8. The van der Waals surface area contributed by atoms with E-state index in [1.165, 1.54) is 62.5 Å². The molecule has 1 aliphatic heterocycles. The van der Waals surface area contributed by atoms with Crippen LogP contribution in [0.3, 0.4) is 0 Å². The van der Waals surface area contributed by atoms with E-state index in [1.54, 1.807) is 5.57 Å². The van der Waals surface area contributed by atoms with Gasteiger partial charge in [0.1, 0.15) is 0 Å². The van der Waals surface area contributed by atoms with Crippen LogP contribution in [0.1, 0.15) is 51.5 Å². The number of benzene rings is 3. The Balaban J connectivity index is 0.936. The minimum absolute atomic E-state index is 0.0461. The van der Waals surface area contributed by atoms with Gasteiger partial charge in [0.15, 0.2) is 0 Å². The highest BCUT2D eigenvalue weighted by molar-refractivity contribution is 5.79. The van der Waals surface area contributed by atoms with Crippen molar-refractivity contribution in [2.75, 3.05) is 9.80 Å². The second-order valence-corrected chi connectivity index (χ2v) is 16.2. The molecule has 1 saturated heterocycles. The van der Waals surface area contributed by atoms with Gasteiger partial charge < -0.3 is 9.80 Å². The Hall–Kier alpha value is -5.34. The molecule has 0 spiro atoms. The number of rotatable bonds is 6. The molecule has 0 bridgehead atoms. The van der Waals surface area contributed by atoms with E-state index in [2.05, 4.69) is 188 Å². The summed E-state index contributed by atoms with van der Waals surface area (Å²) in [6.45, 7) is 4.85. The molecule has 5 unspecified atom stereocenters. The molecule has 0 N–H and O–H groups in total. The SMILES string of the molecule is CC1(C)C2=CC(N(C3=CCCC=C3)c3ccc(C4=CC5C6C=CC=CC6N(c6ccc(-c7ccccc7)cc6)C5C=C4)cc3)CC=C2C2=C1C=CCC2. The maximum Gasteiger partial charge on any atom is 0.0563 e. The minimum atomic E-state index is 0.0461. The lowest BCUT2D eigenvalue weighted by Gasteiger charge is -2.37. The lowest BCUT2D eigenvalue weighted by molar-refractivity contribution is 0.528. The summed E-state index contributed by atoms with van der Waals surface area (Å²) in [5.74, 6) is 0.842. The van der Waals surface area contributed by atoms with Gasteiger partial charge in [0, 0.05) is 34.3 Å². The maximum atomic E-state index is 2.65. The molecule has 262 valence electrons. The Labute approximate surface area is 315 Å². The van der Waals surface area contributed by atoms with Gasteiger partial charge in [-0.15, -0.1) is 0 Å². The van der Waals surface area contributed by atoms with E-state index < -0.39 is 0 Å². The van der Waals surface area contributed by atoms with Gasteiger partial charge in [-0.1, -0.05) is 147 Å². The fraction of sp³-hybridized carbons (Fsp3) is 0.255. The molecular formula is C51H48N2. The second kappa shape index (κ2) is 13.0. The van der Waals surface area contributed by atoms with Gasteiger partial charge in [0.25, 0.3) is 0 Å². The first-order valence-corrected chi connectivity index (χ1v) is 19.8. The summed E-state index contributed by atoms with van der Waals surface area (Å²) < 4.78 is 0. The van der Waals surface area contributed by atoms with Gasteiger partial charge in [0.2, 0.25) is 0 Å². The molecule has 0 amide bonds. The minimum Gasteiger partial charge on any atom is -0.357 e. The number of hydrogen-bond acceptors (Lipinski definition) is 2. The van der Waals surface area contributed by atoms with Crippen molar-refractivity contribution in [3.63, 3.8) is 0 Å². The molecule has 1 heterocycles. The van der Waals surface area contributed by atoms with Gasteiger partial charge in [-0.05, 0) is 107 Å². The molecule has 2 nitrogen and oxygen atoms in total. The van der Waals surface area contributed by atoms with Crippen LogP contribution in [-0.4, -0.2) is 18.1 Å². The average molecular weight is 689 g/mol. The van der Waals surface area contributed by atoms with Crippen molar-refractivity contribution in [1.82, 2.24) is 0 Å². The van der Waals surface area contributed by atoms with Crippen LogP contribution in [0.5, 0.6) is 0 Å². The Morgan fingerprint density at radius 1 is 0.660 bits per heavy atom. The van der Waals surface area contributed by atoms with E-state index in [4.69, 9.17) is 0 Å². The third kappa shape index (κ3) is 5.45. The van der Waals surface area contributed by atoms with Crippen LogP contribution in [0, 0.1) is 17.3 Å². The van der Waals surface area contributed by atoms with E-state index in [1.807, 2.05) is 0 Å². The Bertz CT molecular complexity index is 2240. The summed E-state index contributed by atoms with van der Waals surface area (Å²) in [5.41, 5.74) is 15.2. The highest BCUT2D eigenvalue weighted by Gasteiger charge is 2.46. The number of nitrogens with zero attached hydrogens (tertiary/aromatic N) is 2. The normalized spacial score (nSPS) is 27.4. The molecule has 7 aliphatic rings. The zero-order chi connectivity index (χ0) is 35.5. The van der Waals surface area contributed by atoms with Crippen molar-refractivity contribution < 1.29 is 0 Å². The van der Waals surface area contributed by atoms with E-state index >= 15 is 0 Å². The van der Waals surface area contributed by atoms with Crippen LogP contribution in [0.25, 0.3) is 16.7 Å². The average Bonchev–Trinajstić information content (AvgIpc) is 3.67. The summed E-state index contributed by atoms with van der Waals surface area (Å²) in [4.78, 5) is 5.25. The molecule has 2 heteroatoms. The van der Waals surface area contributed by atoms with E-state index in [-0.39, 0.29) is 11.5 Å². The van der Waals surface area contributed by atoms with Crippen LogP contribution in [0.15, 0.2) is 192 Å². The molecule has 1 fully saturated rings. The second-order valence-electron chi connectivity index (χ2n) is 16.2. The maximum absolute atomic E-state index is 2.65. The highest BCUT2D eigenvalue weighted by Crippen LogP contribution is 2.55. The Kier molecular flexibility index (Phi) is 7.90. The van der Waals surface area contributed by atoms with E-state index in [9.17, 15) is 0 Å². The molecule has 3 aromatic carbocycles. The summed E-state index contributed by atoms with van der Waals surface area (Å²) >= 11 is 0. The largest absolute Gasteiger partial charge is 0.357 e. The highest BCUT2D eigenvalue weighted by atomic mass is 15.2. The van der Waals surface area contributed by atoms with Gasteiger partial charge in [0.05, 0.1) is 18.1 Å². The van der Waals surface area contributed by atoms with E-state index in [0.717, 1.165) is 25.7 Å². The molecule has 6 aliphatic carbocycles. The predicted molar refractivity (Wildman–Crippen MR) is 223 cm³/mol. The Morgan fingerprint density at radius 3 is 2.23 bits per heavy atom. The molecule has 0 radical (unpaired) electrons. The fourth-order valence-corrected chi connectivity index (χ4v) is 10.3. The zero-order valence-electron chi connectivity index (χ0n) is 30.9. The van der Waals surface area contributed by atoms with Crippen molar-refractivity contribution in [3.8, 4) is 11.1 Å². The monoisotopic (exact) mass is 688 g/mol. The van der Waals surface area contributed by atoms with Crippen LogP contribution in [-0.2, 0) is 0 Å². The smallest absolute Gasteiger partial charge is 0.0563 e. The first-order chi connectivity index (χ1) is 26.0. The summed E-state index contributed by atoms with van der Waals surface area (Å²) in [7, 11) is 0. The lowest BCUT2D eigenvalue weighted by atomic mass is 9.77. The molecule has 5 atom stereocenters. The van der Waals surface area contributed by atoms with Gasteiger partial charge in [-0.3, -0.25) is 0 Å². The van der Waals surface area contributed by atoms with Gasteiger partial charge >= 0.3 is 0 Å². The number of allylic oxidation sites excluding steroid dienone is 13. The van der Waals surface area contributed by atoms with Crippen molar-refractivity contribution in [1.29, 1.82) is 0 Å². The number of hydrogen-bond donors (Lipinski definition) is 0. The predicted octanol–water partition coefficient (Wildman–Crippen LogP) is 12.3. The third-order valence-electron chi connectivity index (χ3n) is 12.9. The van der Waals surface area contributed by atoms with Gasteiger partial charge in [-0.2, -0.15) is 0 Å². The topological polar surface area (TPSA) is 6.48 Å². The number of anilines is 2. The first kappa shape index (κ1) is 32.3. The molecule has 3 aromatic rings. The van der Waals surface area contributed by atoms with Crippen LogP contribution >= 0.6 is 0 Å². The molecule has 10 rings (SSSR count). The van der Waals surface area contributed by atoms with Crippen molar-refractivity contribution in [2.24, 2.45) is 17.3 Å². The Morgan fingerprint density at radius 2 is 1.42 bits per heavy atom. The molecule has 53 heavy (non-hydrogen) atoms. The van der Waals surface area contributed by atoms with Gasteiger partial charge in [-0.25, -0.2) is 0 Å². The lowest BCUT2D eigenvalue weighted by Crippen LogP contribution is -2.36.